The van der Waals surface area contributed by atoms with Gasteiger partial charge in [0.1, 0.15) is 17.6 Å². The van der Waals surface area contributed by atoms with E-state index in [0.717, 1.165) is 72.3 Å². The summed E-state index contributed by atoms with van der Waals surface area (Å²) in [6.07, 6.45) is -0.371. The van der Waals surface area contributed by atoms with Gasteiger partial charge in [0.05, 0.1) is 16.7 Å². The van der Waals surface area contributed by atoms with E-state index in [0.29, 0.717) is 5.84 Å². The summed E-state index contributed by atoms with van der Waals surface area (Å²) >= 11 is 0. The van der Waals surface area contributed by atoms with Crippen LogP contribution < -0.4 is 5.32 Å². The second-order valence-electron chi connectivity index (χ2n) is 15.8. The fourth-order valence-electron chi connectivity index (χ4n) is 9.10. The van der Waals surface area contributed by atoms with Crippen molar-refractivity contribution >= 4 is 55.4 Å². The molecular weight excluding hydrogens is 757 g/mol. The van der Waals surface area contributed by atoms with Gasteiger partial charge in [0.2, 0.25) is 0 Å². The summed E-state index contributed by atoms with van der Waals surface area (Å²) in [5.74, 6) is 1.42. The molecule has 9 aromatic carbocycles. The van der Waals surface area contributed by atoms with E-state index in [4.69, 9.17) is 14.4 Å². The Labute approximate surface area is 358 Å². The molecule has 0 radical (unpaired) electrons. The number of nitrogens with zero attached hydrogens (tertiary/aromatic N) is 3. The Hall–Kier alpha value is -8.28. The molecule has 1 N–H and O–H groups in total. The molecule has 0 saturated heterocycles. The van der Waals surface area contributed by atoms with Crippen LogP contribution in [-0.2, 0) is 0 Å². The number of hydrogen-bond donors (Lipinski definition) is 1. The van der Waals surface area contributed by atoms with Crippen molar-refractivity contribution in [3.8, 4) is 39.1 Å². The molecule has 1 unspecified atom stereocenters. The summed E-state index contributed by atoms with van der Waals surface area (Å²) in [6.45, 7) is 0. The van der Waals surface area contributed by atoms with E-state index >= 15 is 0 Å². The Bertz CT molecular complexity index is 3430. The molecule has 2 aromatic heterocycles. The predicted molar refractivity (Wildman–Crippen MR) is 256 cm³/mol. The smallest absolute Gasteiger partial charge is 0.159 e. The van der Waals surface area contributed by atoms with Crippen LogP contribution in [-0.4, -0.2) is 16.2 Å². The molecule has 0 amide bonds. The molecule has 0 fully saturated rings. The van der Waals surface area contributed by atoms with Crippen LogP contribution in [0.3, 0.4) is 0 Å². The van der Waals surface area contributed by atoms with Gasteiger partial charge in [-0.15, -0.1) is 0 Å². The second kappa shape index (κ2) is 14.8. The number of aliphatic imine (C=N–C) groups is 2. The van der Waals surface area contributed by atoms with E-state index in [1.807, 2.05) is 24.3 Å². The van der Waals surface area contributed by atoms with Crippen molar-refractivity contribution in [2.24, 2.45) is 9.98 Å². The zero-order valence-corrected chi connectivity index (χ0v) is 33.6. The molecule has 0 bridgehead atoms. The molecule has 292 valence electrons. The molecule has 62 heavy (non-hydrogen) atoms. The van der Waals surface area contributed by atoms with Crippen LogP contribution in [0.15, 0.2) is 233 Å². The van der Waals surface area contributed by atoms with Crippen molar-refractivity contribution < 1.29 is 4.42 Å². The van der Waals surface area contributed by atoms with Gasteiger partial charge >= 0.3 is 0 Å². The van der Waals surface area contributed by atoms with Crippen LogP contribution in [0.25, 0.3) is 82.8 Å². The third-order valence-electron chi connectivity index (χ3n) is 12.1. The third-order valence-corrected chi connectivity index (χ3v) is 12.1. The molecule has 5 heteroatoms. The van der Waals surface area contributed by atoms with Crippen molar-refractivity contribution in [1.29, 1.82) is 0 Å². The van der Waals surface area contributed by atoms with Gasteiger partial charge in [0.25, 0.3) is 0 Å². The lowest BCUT2D eigenvalue weighted by Gasteiger charge is -2.24. The standard InChI is InChI=1S/C57H38N4O/c1-5-16-37(17-6-1)41-24-13-25-44(34-41)56-58-55(40-22-11-4-12-23-40)59-57(60-56)46-27-15-29-52-53(46)45-26-14-28-51(54(45)62-52)61-49-32-30-42(38-18-7-2-8-19-38)35-47(49)48-36-43(31-33-50(48)61)39-20-9-3-10-21-39/h1-36,56H,(H,58,59,60). The first-order valence-corrected chi connectivity index (χ1v) is 21.0. The number of benzene rings is 9. The maximum atomic E-state index is 6.98. The number of rotatable bonds is 7. The highest BCUT2D eigenvalue weighted by Gasteiger charge is 2.26. The number of furan rings is 1. The molecule has 1 aliphatic rings. The maximum Gasteiger partial charge on any atom is 0.159 e. The van der Waals surface area contributed by atoms with Crippen molar-refractivity contribution in [1.82, 2.24) is 9.88 Å². The Morgan fingerprint density at radius 2 is 0.968 bits per heavy atom. The largest absolute Gasteiger partial charge is 0.454 e. The Morgan fingerprint density at radius 1 is 0.435 bits per heavy atom. The zero-order valence-electron chi connectivity index (χ0n) is 33.6. The van der Waals surface area contributed by atoms with E-state index in [1.165, 1.54) is 33.0 Å². The molecule has 1 aliphatic heterocycles. The number of nitrogens with one attached hydrogen (secondary N) is 1. The minimum absolute atomic E-state index is 0.371. The second-order valence-corrected chi connectivity index (χ2v) is 15.8. The van der Waals surface area contributed by atoms with Crippen molar-refractivity contribution in [3.63, 3.8) is 0 Å². The topological polar surface area (TPSA) is 54.8 Å². The van der Waals surface area contributed by atoms with Gasteiger partial charge in [-0.05, 0) is 81.4 Å². The minimum atomic E-state index is -0.371. The molecule has 11 aromatic rings. The number of para-hydroxylation sites is 1. The number of fused-ring (bicyclic) bond motifs is 6. The summed E-state index contributed by atoms with van der Waals surface area (Å²) in [5.41, 5.74) is 14.8. The first-order chi connectivity index (χ1) is 30.7. The lowest BCUT2D eigenvalue weighted by Crippen LogP contribution is -2.33. The summed E-state index contributed by atoms with van der Waals surface area (Å²) in [5, 5.41) is 8.14. The lowest BCUT2D eigenvalue weighted by atomic mass is 10.0. The summed E-state index contributed by atoms with van der Waals surface area (Å²) in [4.78, 5) is 10.5. The van der Waals surface area contributed by atoms with E-state index in [-0.39, 0.29) is 6.17 Å². The maximum absolute atomic E-state index is 6.98. The first kappa shape index (κ1) is 35.6. The van der Waals surface area contributed by atoms with E-state index in [1.54, 1.807) is 0 Å². The van der Waals surface area contributed by atoms with Gasteiger partial charge in [-0.2, -0.15) is 0 Å². The van der Waals surface area contributed by atoms with Gasteiger partial charge < -0.3 is 14.3 Å². The van der Waals surface area contributed by atoms with Crippen LogP contribution in [0.2, 0.25) is 0 Å². The molecule has 3 heterocycles. The quantitative estimate of drug-likeness (QED) is 0.175. The third kappa shape index (κ3) is 6.10. The van der Waals surface area contributed by atoms with Crippen LogP contribution in [0.4, 0.5) is 0 Å². The van der Waals surface area contributed by atoms with Gasteiger partial charge in [-0.1, -0.05) is 176 Å². The molecular formula is C57H38N4O. The number of hydrogen-bond acceptors (Lipinski definition) is 4. The average molecular weight is 795 g/mol. The Kier molecular flexibility index (Phi) is 8.49. The van der Waals surface area contributed by atoms with E-state index in [2.05, 4.69) is 204 Å². The van der Waals surface area contributed by atoms with Crippen LogP contribution in [0.5, 0.6) is 0 Å². The van der Waals surface area contributed by atoms with Crippen molar-refractivity contribution in [2.45, 2.75) is 6.17 Å². The normalized spacial score (nSPS) is 14.0. The monoisotopic (exact) mass is 794 g/mol. The zero-order chi connectivity index (χ0) is 41.0. The Balaban J connectivity index is 1.03. The van der Waals surface area contributed by atoms with Gasteiger partial charge in [-0.3, -0.25) is 0 Å². The highest BCUT2D eigenvalue weighted by Crippen LogP contribution is 2.41. The average Bonchev–Trinajstić information content (AvgIpc) is 3.90. The SMILES string of the molecule is c1ccc(C2=NC(c3cccc(-c4ccccc4)c3)NC(c3cccc4oc5c(-n6c7ccc(-c8ccccc8)cc7c7cc(-c8ccccc8)ccc76)cccc5c34)=N2)cc1. The minimum Gasteiger partial charge on any atom is -0.454 e. The van der Waals surface area contributed by atoms with E-state index in [9.17, 15) is 0 Å². The number of aromatic nitrogens is 1. The molecule has 1 atom stereocenters. The molecule has 0 saturated carbocycles. The first-order valence-electron chi connectivity index (χ1n) is 21.0. The van der Waals surface area contributed by atoms with E-state index < -0.39 is 0 Å². The van der Waals surface area contributed by atoms with Gasteiger partial charge in [0, 0.05) is 32.7 Å². The predicted octanol–water partition coefficient (Wildman–Crippen LogP) is 14.2. The fraction of sp³-hybridized carbons (Fsp3) is 0.0175. The highest BCUT2D eigenvalue weighted by atomic mass is 16.3. The molecule has 5 nitrogen and oxygen atoms in total. The summed E-state index contributed by atoms with van der Waals surface area (Å²) in [6, 6.07) is 76.9. The molecule has 0 spiro atoms. The summed E-state index contributed by atoms with van der Waals surface area (Å²) in [7, 11) is 0. The number of amidine groups is 2. The van der Waals surface area contributed by atoms with Crippen LogP contribution in [0, 0.1) is 0 Å². The Morgan fingerprint density at radius 3 is 1.58 bits per heavy atom. The molecule has 0 aliphatic carbocycles. The van der Waals surface area contributed by atoms with Gasteiger partial charge in [0.15, 0.2) is 11.4 Å². The van der Waals surface area contributed by atoms with Crippen LogP contribution in [0.1, 0.15) is 22.9 Å². The van der Waals surface area contributed by atoms with Crippen molar-refractivity contribution in [3.05, 3.63) is 235 Å². The summed E-state index contributed by atoms with van der Waals surface area (Å²) < 4.78 is 9.34. The lowest BCUT2D eigenvalue weighted by molar-refractivity contribution is 0.665. The highest BCUT2D eigenvalue weighted by molar-refractivity contribution is 6.23. The van der Waals surface area contributed by atoms with Crippen molar-refractivity contribution in [2.75, 3.05) is 0 Å². The fourth-order valence-corrected chi connectivity index (χ4v) is 9.10. The van der Waals surface area contributed by atoms with Crippen LogP contribution >= 0.6 is 0 Å². The molecule has 12 rings (SSSR count). The van der Waals surface area contributed by atoms with Gasteiger partial charge in [-0.25, -0.2) is 9.98 Å².